The van der Waals surface area contributed by atoms with E-state index in [0.29, 0.717) is 19.1 Å². The number of hydrogen-bond acceptors (Lipinski definition) is 4. The molecule has 1 amide bonds. The zero-order valence-electron chi connectivity index (χ0n) is 13.7. The number of carbonyl (C=O) groups is 1. The van der Waals surface area contributed by atoms with Crippen molar-refractivity contribution in [2.45, 2.75) is 69.5 Å². The van der Waals surface area contributed by atoms with Crippen molar-refractivity contribution >= 4 is 5.91 Å². The molecule has 1 unspecified atom stereocenters. The minimum absolute atomic E-state index is 0.180. The van der Waals surface area contributed by atoms with E-state index < -0.39 is 0 Å². The van der Waals surface area contributed by atoms with Crippen LogP contribution in [0.1, 0.15) is 51.4 Å². The van der Waals surface area contributed by atoms with Crippen LogP contribution in [0.15, 0.2) is 0 Å². The van der Waals surface area contributed by atoms with Gasteiger partial charge in [-0.25, -0.2) is 0 Å². The van der Waals surface area contributed by atoms with E-state index in [4.69, 9.17) is 4.74 Å². The maximum Gasteiger partial charge on any atom is 0.221 e. The molecule has 0 radical (unpaired) electrons. The Hall–Kier alpha value is -0.650. The number of amides is 1. The van der Waals surface area contributed by atoms with Crippen molar-refractivity contribution in [1.29, 1.82) is 0 Å². The lowest BCUT2D eigenvalue weighted by atomic mass is 9.92. The van der Waals surface area contributed by atoms with Gasteiger partial charge in [-0.05, 0) is 25.7 Å². The largest absolute Gasteiger partial charge is 0.378 e. The Morgan fingerprint density at radius 2 is 1.91 bits per heavy atom. The first-order valence-corrected chi connectivity index (χ1v) is 9.16. The average molecular weight is 309 g/mol. The zero-order valence-corrected chi connectivity index (χ0v) is 13.7. The fourth-order valence-corrected chi connectivity index (χ4v) is 4.12. The summed E-state index contributed by atoms with van der Waals surface area (Å²) < 4.78 is 5.41. The van der Waals surface area contributed by atoms with Crippen molar-refractivity contribution in [1.82, 2.24) is 15.5 Å². The predicted molar refractivity (Wildman–Crippen MR) is 86.8 cm³/mol. The first-order valence-electron chi connectivity index (χ1n) is 9.16. The summed E-state index contributed by atoms with van der Waals surface area (Å²) in [6.07, 6.45) is 9.74. The van der Waals surface area contributed by atoms with Crippen LogP contribution >= 0.6 is 0 Å². The minimum Gasteiger partial charge on any atom is -0.378 e. The molecule has 2 N–H and O–H groups in total. The van der Waals surface area contributed by atoms with Gasteiger partial charge in [-0.3, -0.25) is 4.79 Å². The van der Waals surface area contributed by atoms with E-state index in [1.165, 1.54) is 32.1 Å². The number of hydrogen-bond donors (Lipinski definition) is 2. The highest BCUT2D eigenvalue weighted by Crippen LogP contribution is 2.25. The second kappa shape index (κ2) is 8.27. The Balaban J connectivity index is 1.35. The maximum atomic E-state index is 12.1. The molecule has 5 heteroatoms. The zero-order chi connectivity index (χ0) is 15.2. The summed E-state index contributed by atoms with van der Waals surface area (Å²) >= 11 is 0. The first-order chi connectivity index (χ1) is 10.8. The van der Waals surface area contributed by atoms with Gasteiger partial charge in [-0.15, -0.1) is 0 Å². The molecule has 3 rings (SSSR count). The summed E-state index contributed by atoms with van der Waals surface area (Å²) in [4.78, 5) is 14.8. The Bertz CT molecular complexity index is 344. The molecule has 2 heterocycles. The second-order valence-electron chi connectivity index (χ2n) is 7.10. The van der Waals surface area contributed by atoms with Crippen LogP contribution in [0.4, 0.5) is 0 Å². The summed E-state index contributed by atoms with van der Waals surface area (Å²) in [6.45, 7) is 4.59. The van der Waals surface area contributed by atoms with Gasteiger partial charge in [0.1, 0.15) is 0 Å². The highest BCUT2D eigenvalue weighted by Gasteiger charge is 2.27. The third-order valence-electron chi connectivity index (χ3n) is 5.42. The summed E-state index contributed by atoms with van der Waals surface area (Å²) in [5.74, 6) is 0.180. The number of rotatable bonds is 4. The highest BCUT2D eigenvalue weighted by molar-refractivity contribution is 5.76. The van der Waals surface area contributed by atoms with Crippen LogP contribution in [0.3, 0.4) is 0 Å². The quantitative estimate of drug-likeness (QED) is 0.821. The van der Waals surface area contributed by atoms with E-state index in [-0.39, 0.29) is 11.9 Å². The van der Waals surface area contributed by atoms with Crippen LogP contribution in [0.5, 0.6) is 0 Å². The number of carbonyl (C=O) groups excluding carboxylic acids is 1. The Kier molecular flexibility index (Phi) is 6.10. The number of morpholine rings is 1. The third kappa shape index (κ3) is 4.67. The average Bonchev–Trinajstić information content (AvgIpc) is 2.57. The van der Waals surface area contributed by atoms with Gasteiger partial charge in [-0.2, -0.15) is 0 Å². The minimum atomic E-state index is 0.180. The molecule has 3 aliphatic rings. The van der Waals surface area contributed by atoms with Gasteiger partial charge in [0.05, 0.1) is 13.2 Å². The lowest BCUT2D eigenvalue weighted by molar-refractivity contribution is -0.123. The van der Waals surface area contributed by atoms with E-state index >= 15 is 0 Å². The number of likely N-dealkylation sites (tertiary alicyclic amines) is 1. The van der Waals surface area contributed by atoms with E-state index in [1.807, 2.05) is 0 Å². The van der Waals surface area contributed by atoms with E-state index in [1.54, 1.807) is 0 Å². The molecule has 0 bridgehead atoms. The smallest absolute Gasteiger partial charge is 0.221 e. The van der Waals surface area contributed by atoms with Crippen molar-refractivity contribution in [2.24, 2.45) is 0 Å². The molecule has 1 saturated carbocycles. The molecular formula is C17H31N3O2. The summed E-state index contributed by atoms with van der Waals surface area (Å²) in [5.41, 5.74) is 0. The molecule has 1 atom stereocenters. The summed E-state index contributed by atoms with van der Waals surface area (Å²) in [6, 6.07) is 1.38. The monoisotopic (exact) mass is 309 g/mol. The number of piperidine rings is 1. The Morgan fingerprint density at radius 1 is 1.14 bits per heavy atom. The number of nitrogens with one attached hydrogen (secondary N) is 2. The van der Waals surface area contributed by atoms with Crippen LogP contribution in [0.2, 0.25) is 0 Å². The van der Waals surface area contributed by atoms with Gasteiger partial charge in [0.15, 0.2) is 0 Å². The molecular weight excluding hydrogens is 278 g/mol. The fraction of sp³-hybridized carbons (Fsp3) is 0.941. The molecule has 22 heavy (non-hydrogen) atoms. The van der Waals surface area contributed by atoms with Crippen molar-refractivity contribution in [2.75, 3.05) is 32.8 Å². The van der Waals surface area contributed by atoms with Crippen molar-refractivity contribution in [3.8, 4) is 0 Å². The van der Waals surface area contributed by atoms with Crippen molar-refractivity contribution in [3.05, 3.63) is 0 Å². The predicted octanol–water partition coefficient (Wildman–Crippen LogP) is 1.28. The molecule has 0 aromatic heterocycles. The number of nitrogens with zero attached hydrogens (tertiary/aromatic N) is 1. The molecule has 2 aliphatic heterocycles. The van der Waals surface area contributed by atoms with Gasteiger partial charge in [0, 0.05) is 44.2 Å². The normalized spacial score (nSPS) is 29.4. The second-order valence-corrected chi connectivity index (χ2v) is 7.10. The van der Waals surface area contributed by atoms with Gasteiger partial charge >= 0.3 is 0 Å². The van der Waals surface area contributed by atoms with Gasteiger partial charge in [0.25, 0.3) is 0 Å². The van der Waals surface area contributed by atoms with Crippen LogP contribution in [0, 0.1) is 0 Å². The molecule has 3 fully saturated rings. The van der Waals surface area contributed by atoms with Gasteiger partial charge in [-0.1, -0.05) is 19.3 Å². The molecule has 5 nitrogen and oxygen atoms in total. The first kappa shape index (κ1) is 16.2. The maximum absolute atomic E-state index is 12.1. The van der Waals surface area contributed by atoms with E-state index in [2.05, 4.69) is 15.5 Å². The molecule has 2 saturated heterocycles. The fourth-order valence-electron chi connectivity index (χ4n) is 4.12. The standard InChI is InChI=1S/C17H31N3O2/c21-17(12-15-13-22-11-8-18-15)19-14-6-9-20(10-7-14)16-4-2-1-3-5-16/h14-16,18H,1-13H2,(H,19,21). The number of ether oxygens (including phenoxy) is 1. The summed E-state index contributed by atoms with van der Waals surface area (Å²) in [5, 5.41) is 6.57. The molecule has 1 aliphatic carbocycles. The van der Waals surface area contributed by atoms with Crippen LogP contribution in [-0.2, 0) is 9.53 Å². The lowest BCUT2D eigenvalue weighted by Gasteiger charge is -2.39. The van der Waals surface area contributed by atoms with E-state index in [0.717, 1.165) is 45.1 Å². The molecule has 0 aromatic carbocycles. The van der Waals surface area contributed by atoms with Gasteiger partial charge < -0.3 is 20.3 Å². The Labute approximate surface area is 134 Å². The SMILES string of the molecule is O=C(CC1COCCN1)NC1CCN(C2CCCCC2)CC1. The van der Waals surface area contributed by atoms with Crippen molar-refractivity contribution in [3.63, 3.8) is 0 Å². The molecule has 0 aromatic rings. The summed E-state index contributed by atoms with van der Waals surface area (Å²) in [7, 11) is 0. The third-order valence-corrected chi connectivity index (χ3v) is 5.42. The molecule has 0 spiro atoms. The van der Waals surface area contributed by atoms with Crippen LogP contribution < -0.4 is 10.6 Å². The van der Waals surface area contributed by atoms with Crippen LogP contribution in [-0.4, -0.2) is 61.8 Å². The lowest BCUT2D eigenvalue weighted by Crippen LogP contribution is -2.50. The highest BCUT2D eigenvalue weighted by atomic mass is 16.5. The van der Waals surface area contributed by atoms with Gasteiger partial charge in [0.2, 0.25) is 5.91 Å². The van der Waals surface area contributed by atoms with E-state index in [9.17, 15) is 4.79 Å². The molecule has 126 valence electrons. The topological polar surface area (TPSA) is 53.6 Å². The van der Waals surface area contributed by atoms with Crippen LogP contribution in [0.25, 0.3) is 0 Å². The van der Waals surface area contributed by atoms with Crippen molar-refractivity contribution < 1.29 is 9.53 Å². The Morgan fingerprint density at radius 3 is 2.59 bits per heavy atom.